The molecule has 12 heteroatoms. The molecule has 0 unspecified atom stereocenters. The zero-order chi connectivity index (χ0) is 21.7. The molecule has 0 aliphatic carbocycles. The van der Waals surface area contributed by atoms with Crippen molar-refractivity contribution in [3.8, 4) is 0 Å². The van der Waals surface area contributed by atoms with Crippen molar-refractivity contribution in [1.82, 2.24) is 9.29 Å². The van der Waals surface area contributed by atoms with Gasteiger partial charge in [-0.2, -0.15) is 13.2 Å². The number of fused-ring (bicyclic) bond motifs is 1. The zero-order valence-electron chi connectivity index (χ0n) is 15.8. The fourth-order valence-electron chi connectivity index (χ4n) is 3.22. The van der Waals surface area contributed by atoms with Crippen LogP contribution in [0.2, 0.25) is 0 Å². The van der Waals surface area contributed by atoms with Gasteiger partial charge in [-0.1, -0.05) is 6.07 Å². The van der Waals surface area contributed by atoms with Gasteiger partial charge in [0, 0.05) is 30.6 Å². The van der Waals surface area contributed by atoms with E-state index in [9.17, 15) is 21.6 Å². The smallest absolute Gasteiger partial charge is 0.475 e. The number of alkyl halides is 3. The lowest BCUT2D eigenvalue weighted by Gasteiger charge is -2.26. The molecule has 0 radical (unpaired) electrons. The molecule has 3 rings (SSSR count). The normalized spacial score (nSPS) is 24.6. The van der Waals surface area contributed by atoms with Crippen molar-refractivity contribution >= 4 is 16.0 Å². The Bertz CT molecular complexity index is 790. The van der Waals surface area contributed by atoms with Crippen LogP contribution < -0.4 is 0 Å². The molecule has 3 heterocycles. The van der Waals surface area contributed by atoms with E-state index in [0.717, 1.165) is 5.69 Å². The van der Waals surface area contributed by atoms with Crippen LogP contribution in [0, 0.1) is 11.3 Å². The Morgan fingerprint density at radius 2 is 2.14 bits per heavy atom. The third-order valence-electron chi connectivity index (χ3n) is 4.86. The standard InChI is InChI=1S/C15H22N2O4S.C2HF3O2/c1-2-22(18,19)17-7-13-8-20-11-15(13,10-17)12-21-9-14-5-3-4-6-16-14;3-2(4,5)1(6)7/h3-6,13H,2,7-12H2,1H3;(H,6,7)/t13-,15+;/m1./s1. The molecule has 164 valence electrons. The predicted molar refractivity (Wildman–Crippen MR) is 95.4 cm³/mol. The Morgan fingerprint density at radius 3 is 2.69 bits per heavy atom. The quantitative estimate of drug-likeness (QED) is 0.715. The summed E-state index contributed by atoms with van der Waals surface area (Å²) in [5.41, 5.74) is 0.669. The van der Waals surface area contributed by atoms with Gasteiger partial charge in [-0.25, -0.2) is 17.5 Å². The van der Waals surface area contributed by atoms with Gasteiger partial charge < -0.3 is 14.6 Å². The van der Waals surface area contributed by atoms with Crippen LogP contribution in [0.3, 0.4) is 0 Å². The van der Waals surface area contributed by atoms with Gasteiger partial charge in [0.05, 0.1) is 37.9 Å². The van der Waals surface area contributed by atoms with Crippen LogP contribution in [-0.2, 0) is 30.9 Å². The molecule has 1 aromatic rings. The first-order valence-electron chi connectivity index (χ1n) is 8.83. The van der Waals surface area contributed by atoms with Crippen LogP contribution in [0.25, 0.3) is 0 Å². The van der Waals surface area contributed by atoms with Crippen molar-refractivity contribution in [2.75, 3.05) is 38.7 Å². The maximum atomic E-state index is 12.1. The summed E-state index contributed by atoms with van der Waals surface area (Å²) in [7, 11) is -3.15. The molecular weight excluding hydrogens is 417 g/mol. The van der Waals surface area contributed by atoms with E-state index >= 15 is 0 Å². The number of carboxylic acid groups (broad SMARTS) is 1. The number of halogens is 3. The molecule has 2 atom stereocenters. The molecular formula is C17H23F3N2O6S. The number of aromatic nitrogens is 1. The van der Waals surface area contributed by atoms with Crippen molar-refractivity contribution in [3.05, 3.63) is 30.1 Å². The van der Waals surface area contributed by atoms with Gasteiger partial charge in [0.1, 0.15) is 0 Å². The first-order valence-corrected chi connectivity index (χ1v) is 10.4. The van der Waals surface area contributed by atoms with Gasteiger partial charge in [-0.05, 0) is 19.1 Å². The molecule has 29 heavy (non-hydrogen) atoms. The van der Waals surface area contributed by atoms with Crippen molar-refractivity contribution in [2.45, 2.75) is 19.7 Å². The highest BCUT2D eigenvalue weighted by Gasteiger charge is 2.53. The summed E-state index contributed by atoms with van der Waals surface area (Å²) in [6.45, 7) is 4.85. The molecule has 1 N–H and O–H groups in total. The van der Waals surface area contributed by atoms with E-state index in [2.05, 4.69) is 4.98 Å². The van der Waals surface area contributed by atoms with Crippen molar-refractivity contribution in [3.63, 3.8) is 0 Å². The van der Waals surface area contributed by atoms with Crippen molar-refractivity contribution < 1.29 is 41.0 Å². The Balaban J connectivity index is 0.000000370. The van der Waals surface area contributed by atoms with Crippen LogP contribution in [0.5, 0.6) is 0 Å². The van der Waals surface area contributed by atoms with E-state index in [0.29, 0.717) is 39.5 Å². The monoisotopic (exact) mass is 440 g/mol. The summed E-state index contributed by atoms with van der Waals surface area (Å²) in [4.78, 5) is 13.1. The van der Waals surface area contributed by atoms with E-state index in [1.54, 1.807) is 17.4 Å². The highest BCUT2D eigenvalue weighted by atomic mass is 32.2. The van der Waals surface area contributed by atoms with Gasteiger partial charge in [0.2, 0.25) is 10.0 Å². The lowest BCUT2D eigenvalue weighted by atomic mass is 9.82. The number of carboxylic acids is 1. The number of aliphatic carboxylic acids is 1. The fourth-order valence-corrected chi connectivity index (χ4v) is 4.45. The highest BCUT2D eigenvalue weighted by molar-refractivity contribution is 7.89. The Morgan fingerprint density at radius 1 is 1.45 bits per heavy atom. The van der Waals surface area contributed by atoms with E-state index in [4.69, 9.17) is 19.4 Å². The lowest BCUT2D eigenvalue weighted by Crippen LogP contribution is -2.37. The van der Waals surface area contributed by atoms with Gasteiger partial charge in [-0.15, -0.1) is 0 Å². The third-order valence-corrected chi connectivity index (χ3v) is 6.65. The molecule has 0 amide bonds. The second-order valence-electron chi connectivity index (χ2n) is 6.88. The molecule has 0 spiro atoms. The number of sulfonamides is 1. The molecule has 2 saturated heterocycles. The molecule has 2 fully saturated rings. The first-order chi connectivity index (χ1) is 13.5. The van der Waals surface area contributed by atoms with Gasteiger partial charge >= 0.3 is 12.1 Å². The van der Waals surface area contributed by atoms with Crippen LogP contribution in [0.4, 0.5) is 13.2 Å². The van der Waals surface area contributed by atoms with Crippen LogP contribution >= 0.6 is 0 Å². The fraction of sp³-hybridized carbons (Fsp3) is 0.647. The van der Waals surface area contributed by atoms with Gasteiger partial charge in [-0.3, -0.25) is 4.98 Å². The molecule has 8 nitrogen and oxygen atoms in total. The largest absolute Gasteiger partial charge is 0.490 e. The summed E-state index contributed by atoms with van der Waals surface area (Å²) < 4.78 is 69.0. The van der Waals surface area contributed by atoms with Gasteiger partial charge in [0.15, 0.2) is 0 Å². The molecule has 2 aliphatic rings. The van der Waals surface area contributed by atoms with Gasteiger partial charge in [0.25, 0.3) is 0 Å². The summed E-state index contributed by atoms with van der Waals surface area (Å²) >= 11 is 0. The molecule has 0 aromatic carbocycles. The number of nitrogens with zero attached hydrogens (tertiary/aromatic N) is 2. The van der Waals surface area contributed by atoms with Crippen molar-refractivity contribution in [1.29, 1.82) is 0 Å². The number of carbonyl (C=O) groups is 1. The van der Waals surface area contributed by atoms with E-state index in [1.807, 2.05) is 18.2 Å². The molecule has 2 aliphatic heterocycles. The molecule has 0 saturated carbocycles. The third kappa shape index (κ3) is 6.11. The second kappa shape index (κ2) is 9.37. The number of hydrogen-bond donors (Lipinski definition) is 1. The number of pyridine rings is 1. The highest BCUT2D eigenvalue weighted by Crippen LogP contribution is 2.42. The minimum absolute atomic E-state index is 0.144. The maximum Gasteiger partial charge on any atom is 0.490 e. The lowest BCUT2D eigenvalue weighted by molar-refractivity contribution is -0.192. The summed E-state index contributed by atoms with van der Waals surface area (Å²) in [5, 5.41) is 7.12. The number of hydrogen-bond acceptors (Lipinski definition) is 6. The minimum Gasteiger partial charge on any atom is -0.475 e. The average Bonchev–Trinajstić information content (AvgIpc) is 3.20. The molecule has 0 bridgehead atoms. The summed E-state index contributed by atoms with van der Waals surface area (Å²) in [6, 6.07) is 5.72. The van der Waals surface area contributed by atoms with Crippen LogP contribution in [0.1, 0.15) is 12.6 Å². The minimum atomic E-state index is -5.08. The Labute approximate surface area is 166 Å². The summed E-state index contributed by atoms with van der Waals surface area (Å²) in [5.74, 6) is -2.39. The predicted octanol–water partition coefficient (Wildman–Crippen LogP) is 1.53. The van der Waals surface area contributed by atoms with Crippen molar-refractivity contribution in [2.24, 2.45) is 11.3 Å². The first kappa shape index (κ1) is 23.5. The maximum absolute atomic E-state index is 12.1. The Kier molecular flexibility index (Phi) is 7.60. The zero-order valence-corrected chi connectivity index (χ0v) is 16.6. The Hall–Kier alpha value is -1.76. The number of ether oxygens (including phenoxy) is 2. The number of rotatable bonds is 6. The van der Waals surface area contributed by atoms with Crippen LogP contribution in [0.15, 0.2) is 24.4 Å². The second-order valence-corrected chi connectivity index (χ2v) is 9.14. The van der Waals surface area contributed by atoms with E-state index in [-0.39, 0.29) is 17.1 Å². The molecule has 1 aromatic heterocycles. The SMILES string of the molecule is CCS(=O)(=O)N1C[C@@H]2COC[C@]2(COCc2ccccn2)C1.O=C(O)C(F)(F)F. The topological polar surface area (TPSA) is 106 Å². The van der Waals surface area contributed by atoms with E-state index in [1.165, 1.54) is 0 Å². The average molecular weight is 440 g/mol. The van der Waals surface area contributed by atoms with E-state index < -0.39 is 22.2 Å². The summed E-state index contributed by atoms with van der Waals surface area (Å²) in [6.07, 6.45) is -3.34. The van der Waals surface area contributed by atoms with Crippen LogP contribution in [-0.4, -0.2) is 73.6 Å².